The minimum absolute atomic E-state index is 0.0909. The summed E-state index contributed by atoms with van der Waals surface area (Å²) in [6, 6.07) is 13.5. The third-order valence-electron chi connectivity index (χ3n) is 5.26. The van der Waals surface area contributed by atoms with Crippen molar-refractivity contribution in [3.63, 3.8) is 0 Å². The smallest absolute Gasteiger partial charge is 0.243 e. The number of carbonyl (C=O) groups is 1. The van der Waals surface area contributed by atoms with Gasteiger partial charge in [-0.25, -0.2) is 8.42 Å². The molecule has 3 rings (SSSR count). The second kappa shape index (κ2) is 10.8. The monoisotopic (exact) mass is 512 g/mol. The van der Waals surface area contributed by atoms with Crippen LogP contribution in [-0.2, 0) is 21.4 Å². The van der Waals surface area contributed by atoms with E-state index in [0.717, 1.165) is 35.7 Å². The summed E-state index contributed by atoms with van der Waals surface area (Å²) in [5.74, 6) is -0.267. The van der Waals surface area contributed by atoms with E-state index in [1.54, 1.807) is 36.4 Å². The zero-order chi connectivity index (χ0) is 21.6. The predicted octanol–water partition coefficient (Wildman–Crippen LogP) is 5.13. The van der Waals surface area contributed by atoms with E-state index in [-0.39, 0.29) is 29.9 Å². The average molecular weight is 514 g/mol. The summed E-state index contributed by atoms with van der Waals surface area (Å²) in [6.07, 6.45) is 6.46. The summed E-state index contributed by atoms with van der Waals surface area (Å²) in [5.41, 5.74) is 0.766. The average Bonchev–Trinajstić information content (AvgIpc) is 2.98. The van der Waals surface area contributed by atoms with E-state index in [4.69, 9.17) is 11.6 Å². The van der Waals surface area contributed by atoms with E-state index >= 15 is 0 Å². The molecule has 0 aliphatic heterocycles. The summed E-state index contributed by atoms with van der Waals surface area (Å²) < 4.78 is 28.6. The third kappa shape index (κ3) is 6.54. The summed E-state index contributed by atoms with van der Waals surface area (Å²) in [5, 5.41) is 3.62. The van der Waals surface area contributed by atoms with Crippen LogP contribution in [0.15, 0.2) is 57.9 Å². The summed E-state index contributed by atoms with van der Waals surface area (Å²) in [4.78, 5) is 12.9. The first-order valence-corrected chi connectivity index (χ1v) is 12.8. The van der Waals surface area contributed by atoms with Gasteiger partial charge in [-0.05, 0) is 54.8 Å². The highest BCUT2D eigenvalue weighted by atomic mass is 79.9. The molecule has 1 N–H and O–H groups in total. The maximum Gasteiger partial charge on any atom is 0.243 e. The van der Waals surface area contributed by atoms with Gasteiger partial charge in [0.05, 0.1) is 11.4 Å². The Morgan fingerprint density at radius 1 is 1.00 bits per heavy atom. The Labute approximate surface area is 192 Å². The lowest BCUT2D eigenvalue weighted by molar-refractivity contribution is -0.122. The Hall–Kier alpha value is -1.41. The minimum atomic E-state index is -3.85. The lowest BCUT2D eigenvalue weighted by atomic mass is 10.1. The van der Waals surface area contributed by atoms with Crippen molar-refractivity contribution in [1.29, 1.82) is 0 Å². The Morgan fingerprint density at radius 3 is 2.20 bits per heavy atom. The fourth-order valence-electron chi connectivity index (χ4n) is 3.63. The van der Waals surface area contributed by atoms with Crippen molar-refractivity contribution in [3.8, 4) is 0 Å². The third-order valence-corrected chi connectivity index (χ3v) is 7.85. The maximum absolute atomic E-state index is 13.3. The molecule has 0 unspecified atom stereocenters. The molecule has 2 aromatic rings. The number of sulfonamides is 1. The van der Waals surface area contributed by atoms with Gasteiger partial charge >= 0.3 is 0 Å². The van der Waals surface area contributed by atoms with Gasteiger partial charge in [0.2, 0.25) is 15.9 Å². The van der Waals surface area contributed by atoms with Gasteiger partial charge < -0.3 is 5.32 Å². The largest absolute Gasteiger partial charge is 0.352 e. The molecule has 8 heteroatoms. The zero-order valence-electron chi connectivity index (χ0n) is 16.7. The molecule has 1 fully saturated rings. The minimum Gasteiger partial charge on any atom is -0.352 e. The van der Waals surface area contributed by atoms with E-state index in [9.17, 15) is 13.2 Å². The molecule has 162 valence electrons. The Balaban J connectivity index is 1.80. The van der Waals surface area contributed by atoms with Gasteiger partial charge in [-0.1, -0.05) is 65.3 Å². The highest BCUT2D eigenvalue weighted by Crippen LogP contribution is 2.22. The first-order valence-electron chi connectivity index (χ1n) is 10.1. The molecule has 1 aliphatic carbocycles. The van der Waals surface area contributed by atoms with Gasteiger partial charge in [0.1, 0.15) is 0 Å². The van der Waals surface area contributed by atoms with Crippen molar-refractivity contribution in [2.75, 3.05) is 6.54 Å². The van der Waals surface area contributed by atoms with Gasteiger partial charge in [-0.2, -0.15) is 4.31 Å². The summed E-state index contributed by atoms with van der Waals surface area (Å²) in [6.45, 7) is -0.134. The molecule has 30 heavy (non-hydrogen) atoms. The van der Waals surface area contributed by atoms with Crippen LogP contribution in [-0.4, -0.2) is 31.2 Å². The van der Waals surface area contributed by atoms with Gasteiger partial charge in [0.25, 0.3) is 0 Å². The molecule has 1 amide bonds. The predicted molar refractivity (Wildman–Crippen MR) is 123 cm³/mol. The van der Waals surface area contributed by atoms with Crippen LogP contribution in [0.4, 0.5) is 0 Å². The van der Waals surface area contributed by atoms with Crippen LogP contribution < -0.4 is 5.32 Å². The van der Waals surface area contributed by atoms with Crippen molar-refractivity contribution >= 4 is 43.5 Å². The SMILES string of the molecule is O=C(CN(Cc1ccc(Cl)cc1)S(=O)(=O)c1ccc(Br)cc1)NC1CCCCCC1. The van der Waals surface area contributed by atoms with E-state index in [0.29, 0.717) is 5.02 Å². The molecule has 0 aromatic heterocycles. The molecule has 5 nitrogen and oxygen atoms in total. The molecule has 0 heterocycles. The zero-order valence-corrected chi connectivity index (χ0v) is 19.8. The molecule has 0 bridgehead atoms. The van der Waals surface area contributed by atoms with E-state index in [1.165, 1.54) is 29.3 Å². The number of rotatable bonds is 7. The lowest BCUT2D eigenvalue weighted by Crippen LogP contribution is -2.43. The molecule has 1 saturated carbocycles. The topological polar surface area (TPSA) is 66.5 Å². The number of nitrogens with zero attached hydrogens (tertiary/aromatic N) is 1. The van der Waals surface area contributed by atoms with Crippen LogP contribution in [0, 0.1) is 0 Å². The first kappa shape index (κ1) is 23.3. The van der Waals surface area contributed by atoms with E-state index < -0.39 is 10.0 Å². The highest BCUT2D eigenvalue weighted by Gasteiger charge is 2.28. The Kier molecular flexibility index (Phi) is 8.34. The Morgan fingerprint density at radius 2 is 1.60 bits per heavy atom. The molecular formula is C22H26BrClN2O3S. The van der Waals surface area contributed by atoms with E-state index in [1.807, 2.05) is 0 Å². The van der Waals surface area contributed by atoms with Crippen LogP contribution in [0.2, 0.25) is 5.02 Å². The van der Waals surface area contributed by atoms with Crippen molar-refractivity contribution in [3.05, 3.63) is 63.6 Å². The second-order valence-electron chi connectivity index (χ2n) is 7.61. The van der Waals surface area contributed by atoms with Crippen LogP contribution in [0.1, 0.15) is 44.1 Å². The van der Waals surface area contributed by atoms with E-state index in [2.05, 4.69) is 21.2 Å². The van der Waals surface area contributed by atoms with Gasteiger partial charge in [-0.3, -0.25) is 4.79 Å². The fourth-order valence-corrected chi connectivity index (χ4v) is 5.41. The quantitative estimate of drug-likeness (QED) is 0.522. The number of halogens is 2. The van der Waals surface area contributed by atoms with Crippen LogP contribution in [0.3, 0.4) is 0 Å². The molecule has 0 spiro atoms. The molecular weight excluding hydrogens is 488 g/mol. The molecule has 0 radical (unpaired) electrons. The van der Waals surface area contributed by atoms with Gasteiger partial charge in [0.15, 0.2) is 0 Å². The number of nitrogens with one attached hydrogen (secondary N) is 1. The molecule has 0 atom stereocenters. The lowest BCUT2D eigenvalue weighted by Gasteiger charge is -2.24. The van der Waals surface area contributed by atoms with Crippen LogP contribution in [0.5, 0.6) is 0 Å². The van der Waals surface area contributed by atoms with Crippen LogP contribution >= 0.6 is 27.5 Å². The number of amides is 1. The number of benzene rings is 2. The number of carbonyl (C=O) groups excluding carboxylic acids is 1. The molecule has 2 aromatic carbocycles. The number of hydrogen-bond donors (Lipinski definition) is 1. The maximum atomic E-state index is 13.3. The molecule has 1 aliphatic rings. The summed E-state index contributed by atoms with van der Waals surface area (Å²) >= 11 is 9.28. The second-order valence-corrected chi connectivity index (χ2v) is 10.9. The Bertz CT molecular complexity index is 941. The van der Waals surface area contributed by atoms with Crippen molar-refractivity contribution in [1.82, 2.24) is 9.62 Å². The van der Waals surface area contributed by atoms with Crippen molar-refractivity contribution in [2.45, 2.75) is 56.0 Å². The fraction of sp³-hybridized carbons (Fsp3) is 0.409. The molecule has 0 saturated heterocycles. The van der Waals surface area contributed by atoms with Gasteiger partial charge in [-0.15, -0.1) is 0 Å². The standard InChI is InChI=1S/C22H26BrClN2O3S/c23-18-9-13-21(14-10-18)30(28,29)26(15-17-7-11-19(24)12-8-17)16-22(27)25-20-5-3-1-2-4-6-20/h7-14,20H,1-6,15-16H2,(H,25,27). The highest BCUT2D eigenvalue weighted by molar-refractivity contribution is 9.10. The number of hydrogen-bond acceptors (Lipinski definition) is 3. The first-order chi connectivity index (χ1) is 14.3. The van der Waals surface area contributed by atoms with Crippen molar-refractivity contribution < 1.29 is 13.2 Å². The van der Waals surface area contributed by atoms with Crippen molar-refractivity contribution in [2.24, 2.45) is 0 Å². The van der Waals surface area contributed by atoms with Crippen LogP contribution in [0.25, 0.3) is 0 Å². The van der Waals surface area contributed by atoms with Gasteiger partial charge in [0, 0.05) is 22.1 Å². The summed E-state index contributed by atoms with van der Waals surface area (Å²) in [7, 11) is -3.85. The normalized spacial score (nSPS) is 15.7.